The smallest absolute Gasteiger partial charge is 0.219 e. The molecule has 0 aliphatic carbocycles. The number of nitrogens with zero attached hydrogens (tertiary/aromatic N) is 3. The van der Waals surface area contributed by atoms with Crippen LogP contribution in [0.5, 0.6) is 0 Å². The zero-order valence-corrected chi connectivity index (χ0v) is 11.1. The van der Waals surface area contributed by atoms with Crippen molar-refractivity contribution in [3.8, 4) is 11.4 Å². The Balaban J connectivity index is 2.19. The molecule has 20 heavy (non-hydrogen) atoms. The highest BCUT2D eigenvalue weighted by Crippen LogP contribution is 2.27. The van der Waals surface area contributed by atoms with Gasteiger partial charge in [-0.2, -0.15) is 0 Å². The lowest BCUT2D eigenvalue weighted by Crippen LogP contribution is -1.91. The lowest BCUT2D eigenvalue weighted by atomic mass is 10.1. The van der Waals surface area contributed by atoms with E-state index in [-0.39, 0.29) is 5.78 Å². The molecule has 0 atom stereocenters. The molecule has 0 unspecified atom stereocenters. The maximum Gasteiger partial charge on any atom is 0.219 e. The molecule has 1 N–H and O–H groups in total. The molecule has 3 rings (SSSR count). The molecule has 2 aromatic heterocycles. The third-order valence-corrected chi connectivity index (χ3v) is 3.21. The van der Waals surface area contributed by atoms with Gasteiger partial charge >= 0.3 is 0 Å². The molecule has 0 amide bonds. The largest absolute Gasteiger partial charge is 0.323 e. The van der Waals surface area contributed by atoms with Crippen LogP contribution < -0.4 is 0 Å². The molecule has 0 bridgehead atoms. The number of Topliss-reactive ketones (excluding diaryl/α,β-unsaturated/α-hetero) is 1. The Morgan fingerprint density at radius 1 is 1.35 bits per heavy atom. The average Bonchev–Trinajstić information content (AvgIpc) is 2.95. The summed E-state index contributed by atoms with van der Waals surface area (Å²) in [6.07, 6.45) is 1.58. The fourth-order valence-corrected chi connectivity index (χ4v) is 2.20. The van der Waals surface area contributed by atoms with E-state index in [0.29, 0.717) is 22.7 Å². The summed E-state index contributed by atoms with van der Waals surface area (Å²) in [7, 11) is 0. The molecule has 0 aliphatic rings. The highest BCUT2D eigenvalue weighted by Gasteiger charge is 2.18. The summed E-state index contributed by atoms with van der Waals surface area (Å²) in [6, 6.07) is 7.95. The van der Waals surface area contributed by atoms with E-state index in [2.05, 4.69) is 14.9 Å². The number of benzene rings is 1. The van der Waals surface area contributed by atoms with Gasteiger partial charge in [0, 0.05) is 11.8 Å². The Morgan fingerprint density at radius 3 is 2.65 bits per heavy atom. The molecule has 3 aromatic rings. The SMILES string of the molecule is [C-]#[N+]c1cn2nc(-c3ccc(C)cc3)[nH]c2c1C(C)=O. The Bertz CT molecular complexity index is 847. The topological polar surface area (TPSA) is 54.5 Å². The van der Waals surface area contributed by atoms with E-state index in [1.54, 1.807) is 10.7 Å². The molecule has 5 heteroatoms. The van der Waals surface area contributed by atoms with Crippen LogP contribution in [-0.4, -0.2) is 20.4 Å². The number of fused-ring (bicyclic) bond motifs is 1. The second kappa shape index (κ2) is 4.35. The summed E-state index contributed by atoms with van der Waals surface area (Å²) in [5.41, 5.74) is 3.40. The summed E-state index contributed by atoms with van der Waals surface area (Å²) in [6.45, 7) is 10.6. The first-order valence-corrected chi connectivity index (χ1v) is 6.17. The van der Waals surface area contributed by atoms with Gasteiger partial charge in [0.05, 0.1) is 12.1 Å². The van der Waals surface area contributed by atoms with E-state index in [1.165, 1.54) is 12.5 Å². The standard InChI is InChI=1S/C15H12N4O/c1-9-4-6-11(7-5-9)14-17-15-13(10(2)20)12(16-3)8-19(15)18-14/h4-8H,1-2H3,(H,17,18). The van der Waals surface area contributed by atoms with Gasteiger partial charge in [-0.1, -0.05) is 29.8 Å². The molecule has 2 heterocycles. The van der Waals surface area contributed by atoms with Crippen LogP contribution in [0.15, 0.2) is 30.5 Å². The van der Waals surface area contributed by atoms with Crippen molar-refractivity contribution in [2.45, 2.75) is 13.8 Å². The summed E-state index contributed by atoms with van der Waals surface area (Å²) in [5.74, 6) is 0.539. The summed E-state index contributed by atoms with van der Waals surface area (Å²) in [4.78, 5) is 18.2. The Labute approximate surface area is 115 Å². The molecular formula is C15H12N4O. The minimum atomic E-state index is -0.141. The third kappa shape index (κ3) is 1.79. The number of aromatic amines is 1. The number of aryl methyl sites for hydroxylation is 1. The zero-order chi connectivity index (χ0) is 14.3. The maximum absolute atomic E-state index is 11.7. The fourth-order valence-electron chi connectivity index (χ4n) is 2.20. The lowest BCUT2D eigenvalue weighted by molar-refractivity contribution is 0.102. The minimum Gasteiger partial charge on any atom is -0.323 e. The van der Waals surface area contributed by atoms with Crippen molar-refractivity contribution in [2.24, 2.45) is 0 Å². The second-order valence-electron chi connectivity index (χ2n) is 4.69. The van der Waals surface area contributed by atoms with Crippen LogP contribution in [0.3, 0.4) is 0 Å². The van der Waals surface area contributed by atoms with Gasteiger partial charge in [-0.25, -0.2) is 9.36 Å². The van der Waals surface area contributed by atoms with Crippen molar-refractivity contribution in [2.75, 3.05) is 0 Å². The first-order valence-electron chi connectivity index (χ1n) is 6.17. The van der Waals surface area contributed by atoms with Crippen LogP contribution in [0.25, 0.3) is 21.9 Å². The molecule has 0 spiro atoms. The van der Waals surface area contributed by atoms with Crippen molar-refractivity contribution < 1.29 is 4.79 Å². The predicted molar refractivity (Wildman–Crippen MR) is 76.0 cm³/mol. The predicted octanol–water partition coefficient (Wildman–Crippen LogP) is 3.39. The first-order chi connectivity index (χ1) is 9.60. The second-order valence-corrected chi connectivity index (χ2v) is 4.69. The van der Waals surface area contributed by atoms with Gasteiger partial charge in [0.1, 0.15) is 5.65 Å². The van der Waals surface area contributed by atoms with Crippen LogP contribution >= 0.6 is 0 Å². The molecule has 5 nitrogen and oxygen atoms in total. The number of nitrogens with one attached hydrogen (secondary N) is 1. The van der Waals surface area contributed by atoms with E-state index in [9.17, 15) is 4.79 Å². The Hall–Kier alpha value is -2.87. The monoisotopic (exact) mass is 264 g/mol. The van der Waals surface area contributed by atoms with Gasteiger partial charge in [0.2, 0.25) is 5.69 Å². The normalized spacial score (nSPS) is 10.7. The van der Waals surface area contributed by atoms with Crippen LogP contribution in [0.1, 0.15) is 22.8 Å². The quantitative estimate of drug-likeness (QED) is 0.569. The number of hydrogen-bond acceptors (Lipinski definition) is 2. The van der Waals surface area contributed by atoms with E-state index >= 15 is 0 Å². The van der Waals surface area contributed by atoms with Gasteiger partial charge in [-0.15, -0.1) is 5.10 Å². The lowest BCUT2D eigenvalue weighted by Gasteiger charge is -1.96. The van der Waals surface area contributed by atoms with Crippen LogP contribution in [0, 0.1) is 13.5 Å². The number of ketones is 1. The molecule has 0 saturated carbocycles. The van der Waals surface area contributed by atoms with E-state index < -0.39 is 0 Å². The first kappa shape index (κ1) is 12.2. The number of rotatable bonds is 2. The molecule has 98 valence electrons. The van der Waals surface area contributed by atoms with Crippen molar-refractivity contribution in [1.29, 1.82) is 0 Å². The van der Waals surface area contributed by atoms with Crippen molar-refractivity contribution in [1.82, 2.24) is 14.6 Å². The van der Waals surface area contributed by atoms with E-state index in [1.807, 2.05) is 31.2 Å². The van der Waals surface area contributed by atoms with Gasteiger partial charge in [0.25, 0.3) is 0 Å². The summed E-state index contributed by atoms with van der Waals surface area (Å²) >= 11 is 0. The molecule has 0 saturated heterocycles. The van der Waals surface area contributed by atoms with Crippen molar-refractivity contribution in [3.05, 3.63) is 53.0 Å². The van der Waals surface area contributed by atoms with Gasteiger partial charge in [-0.05, 0) is 13.8 Å². The summed E-state index contributed by atoms with van der Waals surface area (Å²) in [5, 5.41) is 4.39. The van der Waals surface area contributed by atoms with Crippen LogP contribution in [-0.2, 0) is 0 Å². The van der Waals surface area contributed by atoms with Gasteiger partial charge < -0.3 is 4.98 Å². The van der Waals surface area contributed by atoms with Gasteiger partial charge in [0.15, 0.2) is 11.6 Å². The zero-order valence-electron chi connectivity index (χ0n) is 11.1. The summed E-state index contributed by atoms with van der Waals surface area (Å²) < 4.78 is 1.55. The fraction of sp³-hybridized carbons (Fsp3) is 0.133. The van der Waals surface area contributed by atoms with Crippen molar-refractivity contribution >= 4 is 17.1 Å². The molecule has 0 aliphatic heterocycles. The highest BCUT2D eigenvalue weighted by molar-refractivity contribution is 6.06. The number of carbonyl (C=O) groups excluding carboxylic acids is 1. The van der Waals surface area contributed by atoms with E-state index in [0.717, 1.165) is 5.56 Å². The van der Waals surface area contributed by atoms with Crippen LogP contribution in [0.2, 0.25) is 0 Å². The highest BCUT2D eigenvalue weighted by atomic mass is 16.1. The van der Waals surface area contributed by atoms with E-state index in [4.69, 9.17) is 6.57 Å². The average molecular weight is 264 g/mol. The molecular weight excluding hydrogens is 252 g/mol. The molecule has 0 fully saturated rings. The molecule has 1 aromatic carbocycles. The number of carbonyl (C=O) groups is 1. The minimum absolute atomic E-state index is 0.141. The maximum atomic E-state index is 11.7. The van der Waals surface area contributed by atoms with Crippen molar-refractivity contribution in [3.63, 3.8) is 0 Å². The number of aromatic nitrogens is 3. The Kier molecular flexibility index (Phi) is 2.65. The molecule has 0 radical (unpaired) electrons. The number of H-pyrrole nitrogens is 1. The van der Waals surface area contributed by atoms with Crippen LogP contribution in [0.4, 0.5) is 5.69 Å². The Morgan fingerprint density at radius 2 is 2.05 bits per heavy atom. The van der Waals surface area contributed by atoms with Gasteiger partial charge in [-0.3, -0.25) is 4.79 Å². The number of hydrogen-bond donors (Lipinski definition) is 1. The third-order valence-electron chi connectivity index (χ3n) is 3.21.